The first-order valence-electron chi connectivity index (χ1n) is 7.34. The van der Waals surface area contributed by atoms with Gasteiger partial charge in [0.15, 0.2) is 6.29 Å². The molecule has 0 N–H and O–H groups in total. The zero-order valence-corrected chi connectivity index (χ0v) is 12.6. The van der Waals surface area contributed by atoms with Crippen LogP contribution in [0.25, 0.3) is 11.1 Å². The zero-order valence-electron chi connectivity index (χ0n) is 12.6. The average Bonchev–Trinajstić information content (AvgIpc) is 2.53. The van der Waals surface area contributed by atoms with E-state index in [-0.39, 0.29) is 11.9 Å². The van der Waals surface area contributed by atoms with E-state index < -0.39 is 11.6 Å². The van der Waals surface area contributed by atoms with Gasteiger partial charge in [-0.3, -0.25) is 0 Å². The van der Waals surface area contributed by atoms with Gasteiger partial charge in [-0.05, 0) is 30.2 Å². The number of benzene rings is 2. The van der Waals surface area contributed by atoms with Gasteiger partial charge in [-0.25, -0.2) is 8.78 Å². The van der Waals surface area contributed by atoms with Gasteiger partial charge in [0.2, 0.25) is 0 Å². The minimum Gasteiger partial charge on any atom is -0.348 e. The molecule has 0 radical (unpaired) electrons. The van der Waals surface area contributed by atoms with Gasteiger partial charge >= 0.3 is 0 Å². The molecule has 0 aliphatic carbocycles. The van der Waals surface area contributed by atoms with Gasteiger partial charge in [0, 0.05) is 17.0 Å². The van der Waals surface area contributed by atoms with Crippen molar-refractivity contribution in [1.29, 1.82) is 0 Å². The van der Waals surface area contributed by atoms with Gasteiger partial charge in [-0.15, -0.1) is 0 Å². The number of ether oxygens (including phenoxy) is 2. The monoisotopic (exact) mass is 304 g/mol. The maximum Gasteiger partial charge on any atom is 0.183 e. The molecule has 1 saturated heterocycles. The second kappa shape index (κ2) is 6.15. The van der Waals surface area contributed by atoms with E-state index in [4.69, 9.17) is 9.47 Å². The fourth-order valence-corrected chi connectivity index (χ4v) is 2.44. The number of halogens is 2. The van der Waals surface area contributed by atoms with Crippen molar-refractivity contribution in [2.75, 3.05) is 13.2 Å². The molecule has 0 amide bonds. The quantitative estimate of drug-likeness (QED) is 0.806. The Kier molecular flexibility index (Phi) is 4.23. The van der Waals surface area contributed by atoms with Crippen LogP contribution in [0.3, 0.4) is 0 Å². The van der Waals surface area contributed by atoms with Crippen molar-refractivity contribution in [2.24, 2.45) is 5.92 Å². The first-order chi connectivity index (χ1) is 10.5. The third kappa shape index (κ3) is 3.03. The van der Waals surface area contributed by atoms with Gasteiger partial charge in [0.25, 0.3) is 0 Å². The van der Waals surface area contributed by atoms with Crippen LogP contribution in [0.1, 0.15) is 24.3 Å². The van der Waals surface area contributed by atoms with E-state index in [1.165, 1.54) is 19.1 Å². The number of hydrogen-bond acceptors (Lipinski definition) is 2. The molecule has 0 saturated carbocycles. The van der Waals surface area contributed by atoms with Crippen molar-refractivity contribution in [3.05, 3.63) is 59.2 Å². The van der Waals surface area contributed by atoms with Gasteiger partial charge in [0.1, 0.15) is 11.6 Å². The van der Waals surface area contributed by atoms with Gasteiger partial charge in [0.05, 0.1) is 13.2 Å². The Hall–Kier alpha value is -1.78. The first kappa shape index (κ1) is 15.1. The molecule has 2 aromatic carbocycles. The van der Waals surface area contributed by atoms with Crippen molar-refractivity contribution in [1.82, 2.24) is 0 Å². The third-order valence-corrected chi connectivity index (χ3v) is 3.86. The SMILES string of the molecule is Cc1c(F)cc(-c2ccc(C3OCC(C)CO3)cc2)cc1F. The summed E-state index contributed by atoms with van der Waals surface area (Å²) in [4.78, 5) is 0. The van der Waals surface area contributed by atoms with E-state index in [1.54, 1.807) is 0 Å². The summed E-state index contributed by atoms with van der Waals surface area (Å²) in [5.74, 6) is -0.673. The highest BCUT2D eigenvalue weighted by Crippen LogP contribution is 2.28. The Morgan fingerprint density at radius 1 is 0.909 bits per heavy atom. The average molecular weight is 304 g/mol. The van der Waals surface area contributed by atoms with E-state index in [0.717, 1.165) is 11.1 Å². The third-order valence-electron chi connectivity index (χ3n) is 3.86. The maximum atomic E-state index is 13.7. The van der Waals surface area contributed by atoms with Crippen LogP contribution in [0.15, 0.2) is 36.4 Å². The van der Waals surface area contributed by atoms with Crippen molar-refractivity contribution in [2.45, 2.75) is 20.1 Å². The van der Waals surface area contributed by atoms with Crippen molar-refractivity contribution in [3.63, 3.8) is 0 Å². The maximum absolute atomic E-state index is 13.7. The van der Waals surface area contributed by atoms with Crippen LogP contribution in [0, 0.1) is 24.5 Å². The van der Waals surface area contributed by atoms with Gasteiger partial charge in [-0.2, -0.15) is 0 Å². The summed E-state index contributed by atoms with van der Waals surface area (Å²) < 4.78 is 38.6. The molecule has 2 aromatic rings. The zero-order chi connectivity index (χ0) is 15.7. The van der Waals surface area contributed by atoms with Crippen molar-refractivity contribution < 1.29 is 18.3 Å². The lowest BCUT2D eigenvalue weighted by molar-refractivity contribution is -0.202. The molecule has 1 aliphatic heterocycles. The molecule has 0 unspecified atom stereocenters. The normalized spacial score (nSPS) is 21.8. The number of rotatable bonds is 2. The number of hydrogen-bond donors (Lipinski definition) is 0. The topological polar surface area (TPSA) is 18.5 Å². The van der Waals surface area contributed by atoms with Crippen molar-refractivity contribution >= 4 is 0 Å². The molecular formula is C18H18F2O2. The lowest BCUT2D eigenvalue weighted by atomic mass is 10.0. The lowest BCUT2D eigenvalue weighted by Crippen LogP contribution is -2.24. The Bertz CT molecular complexity index is 636. The van der Waals surface area contributed by atoms with Crippen LogP contribution < -0.4 is 0 Å². The Morgan fingerprint density at radius 3 is 2.00 bits per heavy atom. The summed E-state index contributed by atoms with van der Waals surface area (Å²) in [5, 5.41) is 0. The van der Waals surface area contributed by atoms with Crippen LogP contribution in [0.5, 0.6) is 0 Å². The highest BCUT2D eigenvalue weighted by Gasteiger charge is 2.20. The molecule has 0 aromatic heterocycles. The molecule has 22 heavy (non-hydrogen) atoms. The van der Waals surface area contributed by atoms with E-state index >= 15 is 0 Å². The summed E-state index contributed by atoms with van der Waals surface area (Å²) in [6, 6.07) is 10.1. The largest absolute Gasteiger partial charge is 0.348 e. The molecule has 2 nitrogen and oxygen atoms in total. The van der Waals surface area contributed by atoms with Crippen LogP contribution in [-0.2, 0) is 9.47 Å². The second-order valence-corrected chi connectivity index (χ2v) is 5.79. The molecule has 1 aliphatic rings. The van der Waals surface area contributed by atoms with E-state index in [1.807, 2.05) is 24.3 Å². The lowest BCUT2D eigenvalue weighted by Gasteiger charge is -2.27. The molecule has 1 heterocycles. The van der Waals surface area contributed by atoms with Crippen LogP contribution in [-0.4, -0.2) is 13.2 Å². The summed E-state index contributed by atoms with van der Waals surface area (Å²) >= 11 is 0. The van der Waals surface area contributed by atoms with Gasteiger partial charge in [-0.1, -0.05) is 31.2 Å². The second-order valence-electron chi connectivity index (χ2n) is 5.79. The predicted octanol–water partition coefficient (Wildman–Crippen LogP) is 4.62. The molecular weight excluding hydrogens is 286 g/mol. The van der Waals surface area contributed by atoms with Crippen molar-refractivity contribution in [3.8, 4) is 11.1 Å². The van der Waals surface area contributed by atoms with E-state index in [0.29, 0.717) is 24.7 Å². The van der Waals surface area contributed by atoms with Crippen LogP contribution in [0.2, 0.25) is 0 Å². The van der Waals surface area contributed by atoms with Gasteiger partial charge < -0.3 is 9.47 Å². The minimum absolute atomic E-state index is 0.0403. The summed E-state index contributed by atoms with van der Waals surface area (Å²) in [5.41, 5.74) is 2.22. The highest BCUT2D eigenvalue weighted by atomic mass is 19.1. The molecule has 116 valence electrons. The molecule has 0 bridgehead atoms. The highest BCUT2D eigenvalue weighted by molar-refractivity contribution is 5.64. The predicted molar refractivity (Wildman–Crippen MR) is 80.3 cm³/mol. The summed E-state index contributed by atoms with van der Waals surface area (Å²) in [6.45, 7) is 4.83. The molecule has 4 heteroatoms. The Balaban J connectivity index is 1.82. The Morgan fingerprint density at radius 2 is 1.45 bits per heavy atom. The molecule has 0 atom stereocenters. The van der Waals surface area contributed by atoms with E-state index in [2.05, 4.69) is 6.92 Å². The fraction of sp³-hybridized carbons (Fsp3) is 0.333. The van der Waals surface area contributed by atoms with Crippen LogP contribution >= 0.6 is 0 Å². The van der Waals surface area contributed by atoms with E-state index in [9.17, 15) is 8.78 Å². The molecule has 1 fully saturated rings. The summed E-state index contributed by atoms with van der Waals surface area (Å²) in [7, 11) is 0. The summed E-state index contributed by atoms with van der Waals surface area (Å²) in [6.07, 6.45) is -0.364. The van der Waals surface area contributed by atoms with Crippen LogP contribution in [0.4, 0.5) is 8.78 Å². The smallest absolute Gasteiger partial charge is 0.183 e. The molecule has 3 rings (SSSR count). The first-order valence-corrected chi connectivity index (χ1v) is 7.34. The minimum atomic E-state index is -0.535. The standard InChI is InChI=1S/C18H18F2O2/c1-11-9-21-18(22-10-11)14-5-3-13(4-6-14)15-7-16(19)12(2)17(20)8-15/h3-8,11,18H,9-10H2,1-2H3. The Labute approximate surface area is 128 Å². The molecule has 0 spiro atoms. The fourth-order valence-electron chi connectivity index (χ4n) is 2.44.